The summed E-state index contributed by atoms with van der Waals surface area (Å²) in [7, 11) is 1.80. The van der Waals surface area contributed by atoms with Crippen molar-refractivity contribution in [1.82, 2.24) is 15.5 Å². The van der Waals surface area contributed by atoms with Gasteiger partial charge in [-0.2, -0.15) is 0 Å². The van der Waals surface area contributed by atoms with Crippen LogP contribution >= 0.6 is 0 Å². The number of guanidine groups is 1. The number of hydrogen-bond acceptors (Lipinski definition) is 4. The predicted octanol–water partition coefficient (Wildman–Crippen LogP) is 1.14. The summed E-state index contributed by atoms with van der Waals surface area (Å²) in [5, 5.41) is 6.39. The number of nitrogens with zero attached hydrogens (tertiary/aromatic N) is 2. The third-order valence-electron chi connectivity index (χ3n) is 5.66. The maximum atomic E-state index is 12.0. The SMILES string of the molecule is CN=C(NCCNC(=O)CC1CCCC1)N1CCOC(C2CCCO2)C1. The molecule has 0 aromatic rings. The van der Waals surface area contributed by atoms with Crippen LogP contribution in [-0.2, 0) is 14.3 Å². The highest BCUT2D eigenvalue weighted by Gasteiger charge is 2.32. The minimum Gasteiger partial charge on any atom is -0.375 e. The van der Waals surface area contributed by atoms with Crippen molar-refractivity contribution in [2.75, 3.05) is 46.4 Å². The Kier molecular flexibility index (Phi) is 7.55. The standard InChI is InChI=1S/C19H34N4O3/c1-20-19(22-9-8-21-18(24)13-15-5-2-3-6-15)23-10-12-26-17(14-23)16-7-4-11-25-16/h15-17H,2-14H2,1H3,(H,20,22)(H,21,24). The van der Waals surface area contributed by atoms with E-state index in [-0.39, 0.29) is 18.1 Å². The highest BCUT2D eigenvalue weighted by Crippen LogP contribution is 2.27. The minimum atomic E-state index is 0.121. The number of aliphatic imine (C=N–C) groups is 1. The van der Waals surface area contributed by atoms with Gasteiger partial charge in [0.15, 0.2) is 5.96 Å². The van der Waals surface area contributed by atoms with Gasteiger partial charge in [0.2, 0.25) is 5.91 Å². The molecule has 7 nitrogen and oxygen atoms in total. The fraction of sp³-hybridized carbons (Fsp3) is 0.895. The summed E-state index contributed by atoms with van der Waals surface area (Å²) < 4.78 is 11.7. The second-order valence-electron chi connectivity index (χ2n) is 7.59. The molecule has 2 aliphatic heterocycles. The molecule has 26 heavy (non-hydrogen) atoms. The number of ether oxygens (including phenoxy) is 2. The molecule has 7 heteroatoms. The van der Waals surface area contributed by atoms with Gasteiger partial charge in [-0.05, 0) is 31.6 Å². The second kappa shape index (κ2) is 10.1. The van der Waals surface area contributed by atoms with Crippen LogP contribution in [0.25, 0.3) is 0 Å². The summed E-state index contributed by atoms with van der Waals surface area (Å²) in [6.07, 6.45) is 8.20. The Bertz CT molecular complexity index is 473. The van der Waals surface area contributed by atoms with Crippen molar-refractivity contribution in [1.29, 1.82) is 0 Å². The molecular weight excluding hydrogens is 332 g/mol. The molecule has 1 amide bonds. The van der Waals surface area contributed by atoms with Crippen LogP contribution < -0.4 is 10.6 Å². The molecule has 3 aliphatic rings. The van der Waals surface area contributed by atoms with Crippen molar-refractivity contribution in [2.45, 2.75) is 57.2 Å². The Morgan fingerprint density at radius 2 is 1.81 bits per heavy atom. The lowest BCUT2D eigenvalue weighted by molar-refractivity contribution is -0.121. The number of morpholine rings is 1. The number of nitrogens with one attached hydrogen (secondary N) is 2. The van der Waals surface area contributed by atoms with E-state index in [0.29, 0.717) is 32.0 Å². The van der Waals surface area contributed by atoms with Crippen molar-refractivity contribution < 1.29 is 14.3 Å². The summed E-state index contributed by atoms with van der Waals surface area (Å²) in [4.78, 5) is 18.6. The van der Waals surface area contributed by atoms with E-state index in [4.69, 9.17) is 9.47 Å². The number of rotatable bonds is 6. The van der Waals surface area contributed by atoms with E-state index in [2.05, 4.69) is 20.5 Å². The van der Waals surface area contributed by atoms with Gasteiger partial charge in [-0.15, -0.1) is 0 Å². The highest BCUT2D eigenvalue weighted by atomic mass is 16.5. The van der Waals surface area contributed by atoms with E-state index in [9.17, 15) is 4.79 Å². The molecule has 1 aliphatic carbocycles. The van der Waals surface area contributed by atoms with Crippen molar-refractivity contribution in [3.63, 3.8) is 0 Å². The maximum Gasteiger partial charge on any atom is 0.220 e. The smallest absolute Gasteiger partial charge is 0.220 e. The third kappa shape index (κ3) is 5.58. The normalized spacial score (nSPS) is 27.7. The highest BCUT2D eigenvalue weighted by molar-refractivity contribution is 5.80. The zero-order valence-electron chi connectivity index (χ0n) is 16.0. The van der Waals surface area contributed by atoms with Gasteiger partial charge in [-0.3, -0.25) is 9.79 Å². The quantitative estimate of drug-likeness (QED) is 0.419. The van der Waals surface area contributed by atoms with Gasteiger partial charge in [0, 0.05) is 46.3 Å². The van der Waals surface area contributed by atoms with Crippen molar-refractivity contribution in [3.05, 3.63) is 0 Å². The van der Waals surface area contributed by atoms with Crippen molar-refractivity contribution >= 4 is 11.9 Å². The average Bonchev–Trinajstić information content (AvgIpc) is 3.36. The molecule has 3 fully saturated rings. The van der Waals surface area contributed by atoms with Crippen molar-refractivity contribution in [2.24, 2.45) is 10.9 Å². The monoisotopic (exact) mass is 366 g/mol. The first kappa shape index (κ1) is 19.4. The first-order valence-electron chi connectivity index (χ1n) is 10.2. The topological polar surface area (TPSA) is 75.2 Å². The average molecular weight is 367 g/mol. The lowest BCUT2D eigenvalue weighted by atomic mass is 10.0. The lowest BCUT2D eigenvalue weighted by Gasteiger charge is -2.37. The number of hydrogen-bond donors (Lipinski definition) is 2. The van der Waals surface area contributed by atoms with Gasteiger partial charge >= 0.3 is 0 Å². The van der Waals surface area contributed by atoms with E-state index in [1.165, 1.54) is 25.7 Å². The lowest BCUT2D eigenvalue weighted by Crippen LogP contribution is -2.54. The number of carbonyl (C=O) groups excluding carboxylic acids is 1. The van der Waals surface area contributed by atoms with Crippen LogP contribution in [0, 0.1) is 5.92 Å². The number of carbonyl (C=O) groups is 1. The minimum absolute atomic E-state index is 0.121. The Balaban J connectivity index is 1.35. The van der Waals surface area contributed by atoms with E-state index in [0.717, 1.165) is 38.5 Å². The van der Waals surface area contributed by atoms with Crippen LogP contribution in [0.5, 0.6) is 0 Å². The molecule has 2 heterocycles. The molecule has 3 rings (SSSR count). The van der Waals surface area contributed by atoms with Crippen LogP contribution in [0.3, 0.4) is 0 Å². The van der Waals surface area contributed by atoms with Crippen LogP contribution in [0.15, 0.2) is 4.99 Å². The summed E-state index contributed by atoms with van der Waals surface area (Å²) in [5.74, 6) is 1.65. The van der Waals surface area contributed by atoms with Gasteiger partial charge < -0.3 is 25.0 Å². The molecular formula is C19H34N4O3. The maximum absolute atomic E-state index is 12.0. The Hall–Kier alpha value is -1.34. The molecule has 0 aromatic carbocycles. The molecule has 2 atom stereocenters. The van der Waals surface area contributed by atoms with Crippen LogP contribution in [0.4, 0.5) is 0 Å². The van der Waals surface area contributed by atoms with E-state index in [1.807, 2.05) is 0 Å². The molecule has 2 unspecified atom stereocenters. The number of amides is 1. The van der Waals surface area contributed by atoms with Gasteiger partial charge in [0.05, 0.1) is 12.7 Å². The fourth-order valence-electron chi connectivity index (χ4n) is 4.25. The van der Waals surface area contributed by atoms with E-state index in [1.54, 1.807) is 7.05 Å². The molecule has 0 bridgehead atoms. The molecule has 0 spiro atoms. The summed E-state index contributed by atoms with van der Waals surface area (Å²) in [5.41, 5.74) is 0. The summed E-state index contributed by atoms with van der Waals surface area (Å²) >= 11 is 0. The zero-order valence-corrected chi connectivity index (χ0v) is 16.0. The zero-order chi connectivity index (χ0) is 18.2. The second-order valence-corrected chi connectivity index (χ2v) is 7.59. The first-order valence-corrected chi connectivity index (χ1v) is 10.2. The molecule has 148 valence electrons. The third-order valence-corrected chi connectivity index (χ3v) is 5.66. The van der Waals surface area contributed by atoms with Crippen molar-refractivity contribution in [3.8, 4) is 0 Å². The largest absolute Gasteiger partial charge is 0.375 e. The van der Waals surface area contributed by atoms with Gasteiger partial charge in [0.25, 0.3) is 0 Å². The van der Waals surface area contributed by atoms with Crippen LogP contribution in [-0.4, -0.2) is 75.4 Å². The van der Waals surface area contributed by atoms with E-state index < -0.39 is 0 Å². The van der Waals surface area contributed by atoms with Gasteiger partial charge in [-0.1, -0.05) is 12.8 Å². The molecule has 2 N–H and O–H groups in total. The molecule has 2 saturated heterocycles. The Labute approximate surface area is 156 Å². The molecule has 0 radical (unpaired) electrons. The predicted molar refractivity (Wildman–Crippen MR) is 101 cm³/mol. The van der Waals surface area contributed by atoms with Crippen LogP contribution in [0.1, 0.15) is 44.9 Å². The fourth-order valence-corrected chi connectivity index (χ4v) is 4.25. The molecule has 0 aromatic heterocycles. The Morgan fingerprint density at radius 1 is 1.04 bits per heavy atom. The Morgan fingerprint density at radius 3 is 2.54 bits per heavy atom. The molecule has 1 saturated carbocycles. The van der Waals surface area contributed by atoms with Gasteiger partial charge in [-0.25, -0.2) is 0 Å². The first-order chi connectivity index (χ1) is 12.8. The van der Waals surface area contributed by atoms with E-state index >= 15 is 0 Å². The summed E-state index contributed by atoms with van der Waals surface area (Å²) in [6, 6.07) is 0. The van der Waals surface area contributed by atoms with Gasteiger partial charge in [0.1, 0.15) is 6.10 Å². The van der Waals surface area contributed by atoms with Crippen LogP contribution in [0.2, 0.25) is 0 Å². The summed E-state index contributed by atoms with van der Waals surface area (Å²) in [6.45, 7) is 4.49.